The van der Waals surface area contributed by atoms with Gasteiger partial charge in [-0.05, 0) is 30.9 Å². The van der Waals surface area contributed by atoms with Gasteiger partial charge in [0.05, 0.1) is 6.04 Å². The van der Waals surface area contributed by atoms with Gasteiger partial charge in [0.2, 0.25) is 0 Å². The number of amides is 1. The Morgan fingerprint density at radius 3 is 2.06 bits per heavy atom. The van der Waals surface area contributed by atoms with Crippen LogP contribution in [-0.2, 0) is 13.0 Å². The number of benzene rings is 3. The third-order valence-electron chi connectivity index (χ3n) is 6.08. The Morgan fingerprint density at radius 2 is 1.48 bits per heavy atom. The van der Waals surface area contributed by atoms with Crippen molar-refractivity contribution in [3.8, 4) is 22.6 Å². The summed E-state index contributed by atoms with van der Waals surface area (Å²) >= 11 is 0. The fraction of sp³-hybridized carbons (Fsp3) is 0.241. The molecular weight excluding hydrogens is 406 g/mol. The Morgan fingerprint density at radius 1 is 0.848 bits per heavy atom. The van der Waals surface area contributed by atoms with E-state index in [-0.39, 0.29) is 11.9 Å². The number of hydrogen-bond acceptors (Lipinski definition) is 2. The molecule has 3 aromatic carbocycles. The smallest absolute Gasteiger partial charge is 0.270 e. The maximum absolute atomic E-state index is 13.8. The van der Waals surface area contributed by atoms with Crippen molar-refractivity contribution in [1.29, 1.82) is 0 Å². The van der Waals surface area contributed by atoms with E-state index in [4.69, 9.17) is 4.98 Å². The van der Waals surface area contributed by atoms with Crippen LogP contribution in [-0.4, -0.2) is 15.5 Å². The van der Waals surface area contributed by atoms with Crippen molar-refractivity contribution in [3.05, 3.63) is 102 Å². The molecule has 4 nitrogen and oxygen atoms in total. The molecule has 168 valence electrons. The summed E-state index contributed by atoms with van der Waals surface area (Å²) in [5.41, 5.74) is 5.65. The molecule has 0 aliphatic rings. The number of aromatic nitrogens is 2. The number of aryl methyl sites for hydroxylation is 1. The highest BCUT2D eigenvalue weighted by molar-refractivity contribution is 5.99. The fourth-order valence-corrected chi connectivity index (χ4v) is 4.23. The second-order valence-electron chi connectivity index (χ2n) is 8.14. The first kappa shape index (κ1) is 22.5. The average molecular weight is 438 g/mol. The Bertz CT molecular complexity index is 1200. The van der Waals surface area contributed by atoms with E-state index in [9.17, 15) is 4.79 Å². The van der Waals surface area contributed by atoms with Crippen molar-refractivity contribution in [1.82, 2.24) is 14.9 Å². The average Bonchev–Trinajstić information content (AvgIpc) is 3.28. The van der Waals surface area contributed by atoms with Crippen LogP contribution >= 0.6 is 0 Å². The fourth-order valence-electron chi connectivity index (χ4n) is 4.23. The number of carbonyl (C=O) groups is 1. The summed E-state index contributed by atoms with van der Waals surface area (Å²) in [4.78, 5) is 18.8. The molecule has 0 spiro atoms. The first-order valence-electron chi connectivity index (χ1n) is 11.8. The van der Waals surface area contributed by atoms with Crippen molar-refractivity contribution < 1.29 is 4.79 Å². The molecule has 0 saturated carbocycles. The molecular formula is C29H31N3O. The predicted octanol–water partition coefficient (Wildman–Crippen LogP) is 6.68. The van der Waals surface area contributed by atoms with Crippen LogP contribution in [0.15, 0.2) is 84.9 Å². The molecule has 0 aliphatic heterocycles. The molecule has 0 aliphatic carbocycles. The van der Waals surface area contributed by atoms with Crippen molar-refractivity contribution in [3.63, 3.8) is 0 Å². The summed E-state index contributed by atoms with van der Waals surface area (Å²) in [6.07, 6.45) is 1.78. The van der Waals surface area contributed by atoms with Crippen LogP contribution in [0.4, 0.5) is 0 Å². The van der Waals surface area contributed by atoms with Gasteiger partial charge in [0.25, 0.3) is 5.91 Å². The van der Waals surface area contributed by atoms with E-state index in [0.717, 1.165) is 41.1 Å². The van der Waals surface area contributed by atoms with Crippen molar-refractivity contribution in [2.45, 2.75) is 46.2 Å². The number of imidazole rings is 1. The van der Waals surface area contributed by atoms with Crippen molar-refractivity contribution >= 4 is 5.91 Å². The number of rotatable bonds is 8. The molecule has 1 N–H and O–H groups in total. The summed E-state index contributed by atoms with van der Waals surface area (Å²) in [5.74, 6) is 0.711. The lowest BCUT2D eigenvalue weighted by Gasteiger charge is -2.19. The molecule has 4 rings (SSSR count). The quantitative estimate of drug-likeness (QED) is 0.334. The van der Waals surface area contributed by atoms with Crippen LogP contribution in [0.5, 0.6) is 0 Å². The Balaban J connectivity index is 1.82. The minimum absolute atomic E-state index is 0.0607. The zero-order chi connectivity index (χ0) is 23.2. The van der Waals surface area contributed by atoms with E-state index in [2.05, 4.69) is 62.5 Å². The van der Waals surface area contributed by atoms with Crippen LogP contribution < -0.4 is 5.32 Å². The van der Waals surface area contributed by atoms with Crippen LogP contribution in [0, 0.1) is 0 Å². The van der Waals surface area contributed by atoms with Gasteiger partial charge in [-0.15, -0.1) is 0 Å². The number of nitrogens with zero attached hydrogens (tertiary/aromatic N) is 2. The third-order valence-corrected chi connectivity index (χ3v) is 6.08. The highest BCUT2D eigenvalue weighted by Gasteiger charge is 2.26. The van der Waals surface area contributed by atoms with Crippen LogP contribution in [0.3, 0.4) is 0 Å². The Hall–Kier alpha value is -3.66. The van der Waals surface area contributed by atoms with E-state index in [1.807, 2.05) is 53.1 Å². The van der Waals surface area contributed by atoms with E-state index in [1.54, 1.807) is 0 Å². The lowest BCUT2D eigenvalue weighted by Crippen LogP contribution is -2.30. The molecule has 4 aromatic rings. The first-order valence-corrected chi connectivity index (χ1v) is 11.8. The molecule has 0 bridgehead atoms. The maximum Gasteiger partial charge on any atom is 0.270 e. The minimum Gasteiger partial charge on any atom is -0.344 e. The molecule has 33 heavy (non-hydrogen) atoms. The topological polar surface area (TPSA) is 46.9 Å². The Labute approximate surface area is 196 Å². The predicted molar refractivity (Wildman–Crippen MR) is 135 cm³/mol. The van der Waals surface area contributed by atoms with Gasteiger partial charge in [0, 0.05) is 17.7 Å². The zero-order valence-corrected chi connectivity index (χ0v) is 19.6. The van der Waals surface area contributed by atoms with Crippen molar-refractivity contribution in [2.24, 2.45) is 0 Å². The first-order chi connectivity index (χ1) is 16.2. The zero-order valence-electron chi connectivity index (χ0n) is 19.6. The van der Waals surface area contributed by atoms with Gasteiger partial charge in [-0.2, -0.15) is 0 Å². The second kappa shape index (κ2) is 10.3. The number of hydrogen-bond donors (Lipinski definition) is 1. The molecule has 1 atom stereocenters. The van der Waals surface area contributed by atoms with Gasteiger partial charge in [-0.3, -0.25) is 4.79 Å². The minimum atomic E-state index is -0.100. The van der Waals surface area contributed by atoms with Gasteiger partial charge in [0.1, 0.15) is 17.2 Å². The molecule has 1 amide bonds. The molecule has 4 heteroatoms. The van der Waals surface area contributed by atoms with E-state index in [1.165, 1.54) is 5.56 Å². The van der Waals surface area contributed by atoms with Gasteiger partial charge in [-0.1, -0.05) is 98.8 Å². The van der Waals surface area contributed by atoms with Crippen LogP contribution in [0.2, 0.25) is 0 Å². The molecule has 0 unspecified atom stereocenters. The number of nitrogens with one attached hydrogen (secondary N) is 1. The lowest BCUT2D eigenvalue weighted by molar-refractivity contribution is 0.0927. The molecule has 1 aromatic heterocycles. The molecule has 0 radical (unpaired) electrons. The number of carbonyl (C=O) groups excluding carboxylic acids is 1. The summed E-state index contributed by atoms with van der Waals surface area (Å²) in [7, 11) is 0. The lowest BCUT2D eigenvalue weighted by atomic mass is 10.0. The van der Waals surface area contributed by atoms with Crippen molar-refractivity contribution in [2.75, 3.05) is 0 Å². The summed E-state index contributed by atoms with van der Waals surface area (Å²) < 4.78 is 2.03. The Kier molecular flexibility index (Phi) is 7.04. The third kappa shape index (κ3) is 4.75. The van der Waals surface area contributed by atoms with E-state index >= 15 is 0 Å². The van der Waals surface area contributed by atoms with Crippen LogP contribution in [0.25, 0.3) is 22.6 Å². The van der Waals surface area contributed by atoms with E-state index in [0.29, 0.717) is 12.2 Å². The monoisotopic (exact) mass is 437 g/mol. The van der Waals surface area contributed by atoms with Gasteiger partial charge >= 0.3 is 0 Å². The van der Waals surface area contributed by atoms with Gasteiger partial charge < -0.3 is 9.88 Å². The van der Waals surface area contributed by atoms with Gasteiger partial charge in [-0.25, -0.2) is 4.98 Å². The normalized spacial score (nSPS) is 11.8. The highest BCUT2D eigenvalue weighted by Crippen LogP contribution is 2.30. The molecule has 0 fully saturated rings. The highest BCUT2D eigenvalue weighted by atomic mass is 16.2. The summed E-state index contributed by atoms with van der Waals surface area (Å²) in [6.45, 7) is 6.94. The second-order valence-corrected chi connectivity index (χ2v) is 8.14. The largest absolute Gasteiger partial charge is 0.344 e. The summed E-state index contributed by atoms with van der Waals surface area (Å²) in [6, 6.07) is 28.5. The maximum atomic E-state index is 13.8. The van der Waals surface area contributed by atoms with E-state index < -0.39 is 0 Å². The molecule has 0 saturated heterocycles. The molecule has 1 heterocycles. The van der Waals surface area contributed by atoms with Crippen LogP contribution in [0.1, 0.15) is 54.8 Å². The summed E-state index contributed by atoms with van der Waals surface area (Å²) in [5, 5.41) is 3.27. The SMILES string of the molecule is CCc1ccc(-c2nc(-c3ccccc3)n(CC)c2C(=O)N[C@H](CC)c2ccccc2)cc1. The van der Waals surface area contributed by atoms with Gasteiger partial charge in [0.15, 0.2) is 0 Å². The standard InChI is InChI=1S/C29H31N3O/c1-4-21-17-19-23(20-18-21)26-27(29(33)30-25(5-2)22-13-9-7-10-14-22)32(6-3)28(31-26)24-15-11-8-12-16-24/h7-20,25H,4-6H2,1-3H3,(H,30,33)/t25-/m1/s1.